The molecule has 0 N–H and O–H groups in total. The third-order valence-corrected chi connectivity index (χ3v) is 10.6. The van der Waals surface area contributed by atoms with Crippen LogP contribution >= 0.6 is 0 Å². The zero-order valence-corrected chi connectivity index (χ0v) is 32.1. The van der Waals surface area contributed by atoms with E-state index in [0.717, 1.165) is 67.9 Å². The average Bonchev–Trinajstić information content (AvgIpc) is 3.62. The molecule has 0 radical (unpaired) electrons. The zero-order valence-electron chi connectivity index (χ0n) is 32.1. The lowest BCUT2D eigenvalue weighted by molar-refractivity contribution is 0.577. The lowest BCUT2D eigenvalue weighted by Crippen LogP contribution is -2.30. The Balaban J connectivity index is 1.51. The van der Waals surface area contributed by atoms with Gasteiger partial charge in [-0.2, -0.15) is 0 Å². The Kier molecular flexibility index (Phi) is 9.75. The first kappa shape index (κ1) is 36.1. The van der Waals surface area contributed by atoms with Gasteiger partial charge in [-0.1, -0.05) is 126 Å². The van der Waals surface area contributed by atoms with Gasteiger partial charge >= 0.3 is 0 Å². The van der Waals surface area contributed by atoms with Crippen LogP contribution in [-0.2, 0) is 5.41 Å². The molecule has 3 heteroatoms. The number of allylic oxidation sites excluding steroid dienone is 3. The van der Waals surface area contributed by atoms with Crippen molar-refractivity contribution in [1.82, 2.24) is 0 Å². The molecule has 0 fully saturated rings. The number of fused-ring (bicyclic) bond motifs is 4. The van der Waals surface area contributed by atoms with Crippen LogP contribution in [-0.4, -0.2) is 0 Å². The molecule has 0 bridgehead atoms. The molecule has 54 heavy (non-hydrogen) atoms. The summed E-state index contributed by atoms with van der Waals surface area (Å²) < 4.78 is 6.22. The van der Waals surface area contributed by atoms with E-state index < -0.39 is 0 Å². The van der Waals surface area contributed by atoms with E-state index in [1.54, 1.807) is 0 Å². The van der Waals surface area contributed by atoms with Crippen LogP contribution in [0.25, 0.3) is 46.5 Å². The van der Waals surface area contributed by atoms with Gasteiger partial charge in [0, 0.05) is 39.1 Å². The summed E-state index contributed by atoms with van der Waals surface area (Å²) in [4.78, 5) is 4.64. The SMILES string of the molecule is C=C/C(=c1\c(=C)oc2ccccc12)N(c1ccccc1)c1cc2c(c(C=C)c1C=C)-c1ccc(N(C(/C=C\C)=C/CC)c3cccc(C)c3)cc1C2(C)C. The van der Waals surface area contributed by atoms with E-state index in [-0.39, 0.29) is 5.41 Å². The largest absolute Gasteiger partial charge is 0.457 e. The maximum absolute atomic E-state index is 6.22. The quantitative estimate of drug-likeness (QED) is 0.125. The highest BCUT2D eigenvalue weighted by molar-refractivity contribution is 5.99. The number of aryl methyl sites for hydroxylation is 1. The van der Waals surface area contributed by atoms with Crippen molar-refractivity contribution in [3.63, 3.8) is 0 Å². The summed E-state index contributed by atoms with van der Waals surface area (Å²) in [5, 5.41) is 1.89. The van der Waals surface area contributed by atoms with Gasteiger partial charge in [0.1, 0.15) is 11.0 Å². The standard InChI is InChI=1S/C51H48N2O/c1-10-21-36(22-11-2)52(38-26-20-23-34(6)31-38)39-29-30-42-44(32-39)51(8,9)45-33-47(40(12-3)41(13-4)50(42)45)53(37-24-16-15-17-25-37)46(14-5)49-35(7)54-48-28-19-18-27-43(48)49/h10,12-33H,3-5,7,11H2,1-2,6,8-9H3/b21-10-,36-22+,49-46-. The first-order valence-corrected chi connectivity index (χ1v) is 18.7. The predicted molar refractivity (Wildman–Crippen MR) is 234 cm³/mol. The summed E-state index contributed by atoms with van der Waals surface area (Å²) in [5.41, 5.74) is 15.4. The van der Waals surface area contributed by atoms with E-state index >= 15 is 0 Å². The summed E-state index contributed by atoms with van der Waals surface area (Å²) in [6, 6.07) is 36.5. The lowest BCUT2D eigenvalue weighted by atomic mass is 9.81. The Bertz CT molecular complexity index is 2610. The first-order chi connectivity index (χ1) is 26.2. The number of furan rings is 1. The van der Waals surface area contributed by atoms with Crippen LogP contribution in [0.2, 0.25) is 0 Å². The summed E-state index contributed by atoms with van der Waals surface area (Å²) in [7, 11) is 0. The summed E-state index contributed by atoms with van der Waals surface area (Å²) in [5.74, 6) is 0. The van der Waals surface area contributed by atoms with Gasteiger partial charge < -0.3 is 14.2 Å². The molecule has 0 aliphatic heterocycles. The highest BCUT2D eigenvalue weighted by Gasteiger charge is 2.39. The molecule has 0 unspecified atom stereocenters. The molecule has 1 aliphatic carbocycles. The summed E-state index contributed by atoms with van der Waals surface area (Å²) in [6.45, 7) is 28.6. The Morgan fingerprint density at radius 2 is 1.46 bits per heavy atom. The maximum Gasteiger partial charge on any atom is 0.135 e. The molecule has 1 heterocycles. The monoisotopic (exact) mass is 704 g/mol. The molecule has 0 spiro atoms. The second kappa shape index (κ2) is 14.6. The maximum atomic E-state index is 6.22. The number of benzene rings is 5. The van der Waals surface area contributed by atoms with Crippen LogP contribution in [0.1, 0.15) is 61.9 Å². The van der Waals surface area contributed by atoms with Crippen molar-refractivity contribution in [3.8, 4) is 11.1 Å². The molecular weight excluding hydrogens is 657 g/mol. The van der Waals surface area contributed by atoms with Crippen molar-refractivity contribution in [2.45, 2.75) is 46.5 Å². The van der Waals surface area contributed by atoms with Crippen LogP contribution in [0.4, 0.5) is 22.7 Å². The van der Waals surface area contributed by atoms with Crippen molar-refractivity contribution in [2.75, 3.05) is 9.80 Å². The second-order valence-corrected chi connectivity index (χ2v) is 14.3. The molecule has 0 saturated carbocycles. The third-order valence-electron chi connectivity index (χ3n) is 10.6. The van der Waals surface area contributed by atoms with E-state index in [1.807, 2.05) is 42.5 Å². The molecule has 0 amide bonds. The molecular formula is C51H48N2O. The van der Waals surface area contributed by atoms with Crippen LogP contribution in [0.15, 0.2) is 157 Å². The minimum Gasteiger partial charge on any atom is -0.457 e. The summed E-state index contributed by atoms with van der Waals surface area (Å²) >= 11 is 0. The average molecular weight is 705 g/mol. The normalized spacial score (nSPS) is 13.8. The molecule has 1 aliphatic rings. The van der Waals surface area contributed by atoms with E-state index in [0.29, 0.717) is 5.42 Å². The van der Waals surface area contributed by atoms with Gasteiger partial charge in [0.25, 0.3) is 0 Å². The number of hydrogen-bond acceptors (Lipinski definition) is 3. The Morgan fingerprint density at radius 3 is 2.15 bits per heavy atom. The van der Waals surface area contributed by atoms with E-state index in [1.165, 1.54) is 27.8 Å². The van der Waals surface area contributed by atoms with E-state index in [4.69, 9.17) is 4.42 Å². The van der Waals surface area contributed by atoms with Gasteiger partial charge in [-0.25, -0.2) is 0 Å². The molecule has 3 nitrogen and oxygen atoms in total. The van der Waals surface area contributed by atoms with E-state index in [2.05, 4.69) is 168 Å². The van der Waals surface area contributed by atoms with Crippen molar-refractivity contribution < 1.29 is 4.42 Å². The van der Waals surface area contributed by atoms with Gasteiger partial charge in [0.2, 0.25) is 0 Å². The Morgan fingerprint density at radius 1 is 0.759 bits per heavy atom. The van der Waals surface area contributed by atoms with Crippen molar-refractivity contribution >= 4 is 58.1 Å². The molecule has 7 rings (SSSR count). The Hall–Kier alpha value is -6.32. The number of hydrogen-bond donors (Lipinski definition) is 0. The van der Waals surface area contributed by atoms with Gasteiger partial charge in [0.15, 0.2) is 0 Å². The molecule has 6 aromatic rings. The minimum atomic E-state index is -0.350. The fraction of sp³-hybridized carbons (Fsp3) is 0.137. The van der Waals surface area contributed by atoms with Crippen molar-refractivity contribution in [1.29, 1.82) is 0 Å². The van der Waals surface area contributed by atoms with Crippen LogP contribution < -0.4 is 20.4 Å². The van der Waals surface area contributed by atoms with Crippen LogP contribution in [0.3, 0.4) is 0 Å². The Labute approximate surface area is 320 Å². The van der Waals surface area contributed by atoms with Crippen LogP contribution in [0, 0.1) is 6.92 Å². The topological polar surface area (TPSA) is 19.6 Å². The highest BCUT2D eigenvalue weighted by atomic mass is 16.3. The van der Waals surface area contributed by atoms with E-state index in [9.17, 15) is 0 Å². The lowest BCUT2D eigenvalue weighted by Gasteiger charge is -2.31. The number of anilines is 4. The number of rotatable bonds is 11. The predicted octanol–water partition coefficient (Wildman–Crippen LogP) is 12.9. The molecule has 1 aromatic heterocycles. The fourth-order valence-electron chi connectivity index (χ4n) is 8.15. The number of para-hydroxylation sites is 2. The van der Waals surface area contributed by atoms with Gasteiger partial charge in [0.05, 0.1) is 16.6 Å². The van der Waals surface area contributed by atoms with Crippen LogP contribution in [0.5, 0.6) is 0 Å². The minimum absolute atomic E-state index is 0.350. The van der Waals surface area contributed by atoms with Gasteiger partial charge in [-0.3, -0.25) is 0 Å². The number of nitrogens with zero attached hydrogens (tertiary/aromatic N) is 2. The second-order valence-electron chi connectivity index (χ2n) is 14.3. The molecule has 0 atom stereocenters. The molecule has 5 aromatic carbocycles. The fourth-order valence-corrected chi connectivity index (χ4v) is 8.15. The van der Waals surface area contributed by atoms with Crippen molar-refractivity contribution in [3.05, 3.63) is 191 Å². The van der Waals surface area contributed by atoms with Crippen molar-refractivity contribution in [2.24, 2.45) is 0 Å². The highest BCUT2D eigenvalue weighted by Crippen LogP contribution is 2.55. The molecule has 268 valence electrons. The first-order valence-electron chi connectivity index (χ1n) is 18.7. The van der Waals surface area contributed by atoms with Gasteiger partial charge in [-0.05, 0) is 114 Å². The third kappa shape index (κ3) is 5.96. The molecule has 0 saturated heterocycles. The smallest absolute Gasteiger partial charge is 0.135 e. The summed E-state index contributed by atoms with van der Waals surface area (Å²) in [6.07, 6.45) is 13.4. The zero-order chi connectivity index (χ0) is 38.1. The van der Waals surface area contributed by atoms with Gasteiger partial charge in [-0.15, -0.1) is 0 Å².